The van der Waals surface area contributed by atoms with Crippen molar-refractivity contribution >= 4 is 44.8 Å². The van der Waals surface area contributed by atoms with Gasteiger partial charge in [-0.25, -0.2) is 8.42 Å². The van der Waals surface area contributed by atoms with Crippen LogP contribution in [0.5, 0.6) is 0 Å². The van der Waals surface area contributed by atoms with Crippen molar-refractivity contribution in [3.63, 3.8) is 0 Å². The van der Waals surface area contributed by atoms with Crippen molar-refractivity contribution in [1.29, 1.82) is 0 Å². The SMILES string of the molecule is NC(=O)c1ccccc1NS(=O)(=O)c1ccc(Cl)cc1Cl. The lowest BCUT2D eigenvalue weighted by molar-refractivity contribution is 0.100. The molecule has 0 heterocycles. The van der Waals surface area contributed by atoms with Gasteiger partial charge >= 0.3 is 0 Å². The minimum Gasteiger partial charge on any atom is -0.366 e. The average Bonchev–Trinajstić information content (AvgIpc) is 2.37. The van der Waals surface area contributed by atoms with Gasteiger partial charge in [0.05, 0.1) is 16.3 Å². The lowest BCUT2D eigenvalue weighted by atomic mass is 10.2. The number of halogens is 2. The van der Waals surface area contributed by atoms with E-state index < -0.39 is 15.9 Å². The fraction of sp³-hybridized carbons (Fsp3) is 0. The number of anilines is 1. The number of carbonyl (C=O) groups excluding carboxylic acids is 1. The molecule has 0 aromatic heterocycles. The van der Waals surface area contributed by atoms with Gasteiger partial charge in [0.2, 0.25) is 0 Å². The summed E-state index contributed by atoms with van der Waals surface area (Å²) in [7, 11) is -3.97. The van der Waals surface area contributed by atoms with Gasteiger partial charge in [0.1, 0.15) is 4.90 Å². The number of para-hydroxylation sites is 1. The maximum atomic E-state index is 12.3. The molecule has 0 unspecified atom stereocenters. The van der Waals surface area contributed by atoms with Crippen LogP contribution in [0, 0.1) is 0 Å². The number of sulfonamides is 1. The molecular formula is C13H10Cl2N2O3S. The monoisotopic (exact) mass is 344 g/mol. The zero-order valence-corrected chi connectivity index (χ0v) is 12.8. The second-order valence-corrected chi connectivity index (χ2v) is 6.58. The highest BCUT2D eigenvalue weighted by Gasteiger charge is 2.20. The van der Waals surface area contributed by atoms with E-state index in [-0.39, 0.29) is 21.2 Å². The molecule has 0 saturated carbocycles. The molecule has 2 aromatic rings. The summed E-state index contributed by atoms with van der Waals surface area (Å²) in [4.78, 5) is 11.2. The Morgan fingerprint density at radius 3 is 2.38 bits per heavy atom. The Morgan fingerprint density at radius 1 is 1.10 bits per heavy atom. The van der Waals surface area contributed by atoms with Crippen molar-refractivity contribution in [2.24, 2.45) is 5.73 Å². The van der Waals surface area contributed by atoms with Crippen LogP contribution in [-0.2, 0) is 10.0 Å². The van der Waals surface area contributed by atoms with Crippen LogP contribution in [0.25, 0.3) is 0 Å². The molecule has 0 fully saturated rings. The number of nitrogens with two attached hydrogens (primary N) is 1. The third-order valence-corrected chi connectivity index (χ3v) is 4.70. The Bertz CT molecular complexity index is 807. The van der Waals surface area contributed by atoms with Gasteiger partial charge in [-0.15, -0.1) is 0 Å². The van der Waals surface area contributed by atoms with Crippen LogP contribution < -0.4 is 10.5 Å². The van der Waals surface area contributed by atoms with Crippen LogP contribution in [0.2, 0.25) is 10.0 Å². The van der Waals surface area contributed by atoms with Crippen molar-refractivity contribution in [2.75, 3.05) is 4.72 Å². The first kappa shape index (κ1) is 15.6. The topological polar surface area (TPSA) is 89.3 Å². The van der Waals surface area contributed by atoms with E-state index in [0.717, 1.165) is 0 Å². The summed E-state index contributed by atoms with van der Waals surface area (Å²) < 4.78 is 26.9. The molecule has 0 spiro atoms. The minimum absolute atomic E-state index is 0.0217. The molecule has 3 N–H and O–H groups in total. The van der Waals surface area contributed by atoms with Crippen LogP contribution in [0.4, 0.5) is 5.69 Å². The van der Waals surface area contributed by atoms with Crippen LogP contribution in [0.1, 0.15) is 10.4 Å². The highest BCUT2D eigenvalue weighted by atomic mass is 35.5. The second-order valence-electron chi connectivity index (χ2n) is 4.09. The lowest BCUT2D eigenvalue weighted by Crippen LogP contribution is -2.18. The quantitative estimate of drug-likeness (QED) is 0.893. The number of amides is 1. The second kappa shape index (κ2) is 5.93. The fourth-order valence-electron chi connectivity index (χ4n) is 1.68. The third kappa shape index (κ3) is 3.47. The highest BCUT2D eigenvalue weighted by molar-refractivity contribution is 7.92. The van der Waals surface area contributed by atoms with Crippen molar-refractivity contribution in [2.45, 2.75) is 4.90 Å². The third-order valence-electron chi connectivity index (χ3n) is 2.62. The zero-order chi connectivity index (χ0) is 15.6. The molecule has 1 amide bonds. The van der Waals surface area contributed by atoms with Crippen LogP contribution in [0.3, 0.4) is 0 Å². The fourth-order valence-corrected chi connectivity index (χ4v) is 3.53. The first-order chi connectivity index (χ1) is 9.81. The number of primary amides is 1. The summed E-state index contributed by atoms with van der Waals surface area (Å²) in [5.74, 6) is -0.740. The molecule has 110 valence electrons. The van der Waals surface area contributed by atoms with Gasteiger partial charge in [-0.05, 0) is 30.3 Å². The van der Waals surface area contributed by atoms with E-state index in [4.69, 9.17) is 28.9 Å². The van der Waals surface area contributed by atoms with Crippen molar-refractivity contribution < 1.29 is 13.2 Å². The first-order valence-corrected chi connectivity index (χ1v) is 7.92. The largest absolute Gasteiger partial charge is 0.366 e. The molecule has 0 aliphatic rings. The molecule has 21 heavy (non-hydrogen) atoms. The van der Waals surface area contributed by atoms with Gasteiger partial charge in [0, 0.05) is 5.02 Å². The molecule has 8 heteroatoms. The van der Waals surface area contributed by atoms with Gasteiger partial charge in [0.25, 0.3) is 15.9 Å². The number of hydrogen-bond donors (Lipinski definition) is 2. The first-order valence-electron chi connectivity index (χ1n) is 5.68. The molecular weight excluding hydrogens is 335 g/mol. The molecule has 0 saturated heterocycles. The lowest BCUT2D eigenvalue weighted by Gasteiger charge is -2.12. The van der Waals surface area contributed by atoms with Crippen molar-refractivity contribution in [3.8, 4) is 0 Å². The van der Waals surface area contributed by atoms with Gasteiger partial charge in [-0.1, -0.05) is 35.3 Å². The van der Waals surface area contributed by atoms with Gasteiger partial charge in [-0.3, -0.25) is 9.52 Å². The molecule has 0 atom stereocenters. The van der Waals surface area contributed by atoms with Crippen LogP contribution >= 0.6 is 23.2 Å². The molecule has 0 aliphatic carbocycles. The number of nitrogens with one attached hydrogen (secondary N) is 1. The van der Waals surface area contributed by atoms with E-state index in [1.54, 1.807) is 12.1 Å². The van der Waals surface area contributed by atoms with Gasteiger partial charge in [-0.2, -0.15) is 0 Å². The highest BCUT2D eigenvalue weighted by Crippen LogP contribution is 2.27. The summed E-state index contributed by atoms with van der Waals surface area (Å²) in [5, 5.41) is 0.294. The minimum atomic E-state index is -3.97. The Kier molecular flexibility index (Phi) is 4.41. The van der Waals surface area contributed by atoms with E-state index >= 15 is 0 Å². The molecule has 2 aromatic carbocycles. The Morgan fingerprint density at radius 2 is 1.76 bits per heavy atom. The summed E-state index contributed by atoms with van der Waals surface area (Å²) in [6.07, 6.45) is 0. The molecule has 5 nitrogen and oxygen atoms in total. The average molecular weight is 345 g/mol. The Hall–Kier alpha value is -1.76. The number of rotatable bonds is 4. The number of hydrogen-bond acceptors (Lipinski definition) is 3. The predicted molar refractivity (Wildman–Crippen MR) is 82.2 cm³/mol. The Labute approximate surface area is 131 Å². The van der Waals surface area contributed by atoms with Gasteiger partial charge in [0.15, 0.2) is 0 Å². The van der Waals surface area contributed by atoms with Crippen LogP contribution in [-0.4, -0.2) is 14.3 Å². The van der Waals surface area contributed by atoms with E-state index in [1.165, 1.54) is 30.3 Å². The van der Waals surface area contributed by atoms with E-state index in [1.807, 2.05) is 0 Å². The summed E-state index contributed by atoms with van der Waals surface area (Å²) in [5.41, 5.74) is 5.35. The van der Waals surface area contributed by atoms with Crippen molar-refractivity contribution in [3.05, 3.63) is 58.1 Å². The molecule has 2 rings (SSSR count). The van der Waals surface area contributed by atoms with E-state index in [2.05, 4.69) is 4.72 Å². The number of carbonyl (C=O) groups is 1. The summed E-state index contributed by atoms with van der Waals surface area (Å²) in [6.45, 7) is 0. The maximum absolute atomic E-state index is 12.3. The number of benzene rings is 2. The molecule has 0 radical (unpaired) electrons. The maximum Gasteiger partial charge on any atom is 0.263 e. The zero-order valence-electron chi connectivity index (χ0n) is 10.5. The summed E-state index contributed by atoms with van der Waals surface area (Å²) >= 11 is 11.6. The predicted octanol–water partition coefficient (Wildman–Crippen LogP) is 2.89. The van der Waals surface area contributed by atoms with E-state index in [0.29, 0.717) is 5.02 Å². The normalized spacial score (nSPS) is 11.1. The van der Waals surface area contributed by atoms with Crippen molar-refractivity contribution in [1.82, 2.24) is 0 Å². The smallest absolute Gasteiger partial charge is 0.263 e. The van der Waals surface area contributed by atoms with Gasteiger partial charge < -0.3 is 5.73 Å². The molecule has 0 aliphatic heterocycles. The van der Waals surface area contributed by atoms with Crippen LogP contribution in [0.15, 0.2) is 47.4 Å². The standard InChI is InChI=1S/C13H10Cl2N2O3S/c14-8-5-6-12(10(15)7-8)21(19,20)17-11-4-2-1-3-9(11)13(16)18/h1-7,17H,(H2,16,18). The summed E-state index contributed by atoms with van der Waals surface area (Å²) in [6, 6.07) is 10.0. The Balaban J connectivity index is 2.45. The van der Waals surface area contributed by atoms with E-state index in [9.17, 15) is 13.2 Å². The molecule has 0 bridgehead atoms.